The van der Waals surface area contributed by atoms with Gasteiger partial charge in [0.05, 0.1) is 94.5 Å². The Bertz CT molecular complexity index is 3420. The fourth-order valence-electron chi connectivity index (χ4n) is 9.24. The van der Waals surface area contributed by atoms with Gasteiger partial charge in [-0.05, 0) is 146 Å². The van der Waals surface area contributed by atoms with Gasteiger partial charge in [-0.15, -0.1) is 0 Å². The molecule has 0 fully saturated rings. The van der Waals surface area contributed by atoms with Gasteiger partial charge in [0.2, 0.25) is 0 Å². The average Bonchev–Trinajstić information content (AvgIpc) is 0.870. The van der Waals surface area contributed by atoms with E-state index in [-0.39, 0.29) is 89.5 Å². The summed E-state index contributed by atoms with van der Waals surface area (Å²) in [5.41, 5.74) is 4.50. The van der Waals surface area contributed by atoms with E-state index in [1.165, 1.54) is 42.4 Å². The van der Waals surface area contributed by atoms with E-state index in [0.29, 0.717) is 0 Å². The van der Waals surface area contributed by atoms with Crippen molar-refractivity contribution in [1.29, 1.82) is 0 Å². The van der Waals surface area contributed by atoms with Crippen LogP contribution in [-0.2, 0) is 89.5 Å². The Morgan fingerprint density at radius 3 is 0.423 bits per heavy atom. The molecule has 8 aromatic carbocycles. The van der Waals surface area contributed by atoms with Gasteiger partial charge < -0.3 is 82.6 Å². The fraction of sp³-hybridized carbons (Fsp3) is 0.0556. The molecule has 104 heavy (non-hydrogen) atoms. The summed E-state index contributed by atoms with van der Waals surface area (Å²) in [6.07, 6.45) is 18.4. The van der Waals surface area contributed by atoms with Gasteiger partial charge in [0.25, 0.3) is 0 Å². The topological polar surface area (TPSA) is 364 Å². The van der Waals surface area contributed by atoms with Gasteiger partial charge in [0.1, 0.15) is 25.1 Å². The Balaban J connectivity index is 0.000000639. The summed E-state index contributed by atoms with van der Waals surface area (Å²) in [4.78, 5) is 49.2. The maximum Gasteiger partial charge on any atom is 1.00 e. The normalized spacial score (nSPS) is 9.42. The molecule has 4 aromatic heterocycles. The first-order valence-corrected chi connectivity index (χ1v) is 37.2. The van der Waals surface area contributed by atoms with Crippen LogP contribution < -0.4 is 63.7 Å². The Kier molecular flexibility index (Phi) is 51.4. The van der Waals surface area contributed by atoms with Crippen molar-refractivity contribution in [3.05, 3.63) is 402 Å². The Morgan fingerprint density at radius 2 is 0.317 bits per heavy atom. The van der Waals surface area contributed by atoms with Crippen molar-refractivity contribution in [1.82, 2.24) is 19.9 Å². The molecule has 0 aliphatic rings. The van der Waals surface area contributed by atoms with Gasteiger partial charge in [0.15, 0.2) is 0 Å². The van der Waals surface area contributed by atoms with Crippen molar-refractivity contribution >= 4 is 96.9 Å². The molecule has 0 unspecified atom stereocenters. The summed E-state index contributed by atoms with van der Waals surface area (Å²) in [5, 5.41) is 84.6. The molecule has 12 rings (SSSR count). The largest absolute Gasteiger partial charge is 1.00 e. The third-order valence-corrected chi connectivity index (χ3v) is 23.9. The number of aromatic nitrogens is 4. The second-order valence-electron chi connectivity index (χ2n) is 20.1. The molecular weight excluding hydrogens is 1780 g/mol. The maximum absolute atomic E-state index is 8.25. The summed E-state index contributed by atoms with van der Waals surface area (Å²) in [5.74, 6) is 0. The Morgan fingerprint density at radius 1 is 0.212 bits per heavy atom. The van der Waals surface area contributed by atoms with Crippen LogP contribution in [0.3, 0.4) is 0 Å². The molecule has 0 saturated heterocycles. The molecule has 32 heteroatoms. The molecule has 0 bridgehead atoms. The first-order chi connectivity index (χ1) is 48.7. The van der Waals surface area contributed by atoms with Crippen molar-refractivity contribution in [3.8, 4) is 0 Å². The molecule has 0 spiro atoms. The quantitative estimate of drug-likeness (QED) is 0.0238. The molecule has 0 radical (unpaired) electrons. The summed E-state index contributed by atoms with van der Waals surface area (Å²) in [6, 6.07) is 102. The fourth-order valence-corrected chi connectivity index (χ4v) is 18.5. The first kappa shape index (κ1) is 93.1. The van der Waals surface area contributed by atoms with Gasteiger partial charge in [-0.2, -0.15) is 0 Å². The van der Waals surface area contributed by atoms with Crippen LogP contribution in [0.2, 0.25) is 0 Å². The molecule has 4 heterocycles. The van der Waals surface area contributed by atoms with Crippen LogP contribution in [0, 0.1) is 61.3 Å². The third kappa shape index (κ3) is 40.8. The zero-order valence-electron chi connectivity index (χ0n) is 54.8. The zero-order valence-corrected chi connectivity index (χ0v) is 64.8. The van der Waals surface area contributed by atoms with E-state index < -0.39 is 52.0 Å². The second-order valence-corrected chi connectivity index (χ2v) is 30.0. The number of anilines is 4. The summed E-state index contributed by atoms with van der Waals surface area (Å²) in [6.45, 7) is 0. The van der Waals surface area contributed by atoms with Crippen LogP contribution in [0.1, 0.15) is 0 Å². The predicted molar refractivity (Wildman–Crippen MR) is 414 cm³/mol. The summed E-state index contributed by atoms with van der Waals surface area (Å²) >= 11 is 0. The number of nitrogens with one attached hydrogen (secondary N) is 4. The van der Waals surface area contributed by atoms with E-state index in [2.05, 4.69) is 284 Å². The van der Waals surface area contributed by atoms with Crippen LogP contribution in [0.15, 0.2) is 341 Å². The van der Waals surface area contributed by atoms with Gasteiger partial charge >= 0.3 is 89.5 Å². The SMILES string of the molecule is O=[N+]([O-])[O-].O=[N+]([O-])[O-].O=[N+]([O-])[O-].O=[N+]([O-])[O-].[Ag+].[Ag+].[Ag+].[Ag+].c1ccc([PH+](CNc2ccncc2)c2ccccc2)cc1.c1ccc([PH+](CNc2ccncc2)c2ccccc2)cc1.c1ccc([PH+](CNc2ccncc2)c2ccccc2)cc1.c1ccc([PH+](CNc2ccncc2)c2ccccc2)cc1. The summed E-state index contributed by atoms with van der Waals surface area (Å²) < 4.78 is 0. The number of nitrogens with zero attached hydrogens (tertiary/aromatic N) is 8. The maximum atomic E-state index is 8.25. The summed E-state index contributed by atoms with van der Waals surface area (Å²) in [7, 11) is -3.32. The first-order valence-electron chi connectivity index (χ1n) is 30.3. The van der Waals surface area contributed by atoms with Gasteiger partial charge in [-0.1, -0.05) is 146 Å². The van der Waals surface area contributed by atoms with Crippen molar-refractivity contribution in [2.24, 2.45) is 0 Å². The zero-order chi connectivity index (χ0) is 71.6. The number of hydrogen-bond acceptors (Lipinski definition) is 20. The van der Waals surface area contributed by atoms with E-state index in [4.69, 9.17) is 61.3 Å². The molecular formula is C72H72Ag4N12O12P4+4. The Hall–Kier alpha value is -8.96. The molecule has 0 atom stereocenters. The number of rotatable bonds is 20. The van der Waals surface area contributed by atoms with E-state index in [9.17, 15) is 0 Å². The van der Waals surface area contributed by atoms with Crippen molar-refractivity contribution in [2.45, 2.75) is 0 Å². The number of hydrogen-bond donors (Lipinski definition) is 4. The average molecular weight is 1850 g/mol. The van der Waals surface area contributed by atoms with Crippen LogP contribution in [0.5, 0.6) is 0 Å². The van der Waals surface area contributed by atoms with Crippen molar-refractivity contribution in [2.75, 3.05) is 46.4 Å². The van der Waals surface area contributed by atoms with E-state index in [0.717, 1.165) is 47.9 Å². The van der Waals surface area contributed by atoms with E-state index in [1.54, 1.807) is 0 Å². The predicted octanol–water partition coefficient (Wildman–Crippen LogP) is 12.3. The van der Waals surface area contributed by atoms with Gasteiger partial charge in [-0.3, -0.25) is 19.9 Å². The van der Waals surface area contributed by atoms with Crippen LogP contribution in [-0.4, -0.2) is 65.4 Å². The minimum Gasteiger partial charge on any atom is -0.356 e. The van der Waals surface area contributed by atoms with Crippen molar-refractivity contribution in [3.63, 3.8) is 0 Å². The van der Waals surface area contributed by atoms with E-state index in [1.807, 2.05) is 98.1 Å². The monoisotopic (exact) mass is 1850 g/mol. The molecule has 0 aliphatic carbocycles. The smallest absolute Gasteiger partial charge is 0.356 e. The molecule has 0 saturated carbocycles. The molecule has 552 valence electrons. The number of benzene rings is 8. The van der Waals surface area contributed by atoms with Crippen LogP contribution >= 0.6 is 31.7 Å². The standard InChI is InChI=1S/4C18H17N2P.4Ag.4NO3/c4*1-3-7-17(8-4-1)21(18-9-5-2-6-10-18)15-20-16-11-13-19-14-12-16;;;;;4*2-1(3)4/h4*1-14H,15H2,(H,19,20);;;;;;;;/q;;;;4*+1;4*-1/p+4. The van der Waals surface area contributed by atoms with Crippen molar-refractivity contribution < 1.29 is 110 Å². The van der Waals surface area contributed by atoms with E-state index >= 15 is 0 Å². The molecule has 4 N–H and O–H groups in total. The molecule has 24 nitrogen and oxygen atoms in total. The third-order valence-electron chi connectivity index (χ3n) is 13.6. The van der Waals surface area contributed by atoms with Crippen LogP contribution in [0.4, 0.5) is 22.7 Å². The molecule has 0 aliphatic heterocycles. The van der Waals surface area contributed by atoms with Crippen LogP contribution in [0.25, 0.3) is 0 Å². The minimum atomic E-state index is -1.75. The molecule has 12 aromatic rings. The Labute approximate surface area is 669 Å². The second kappa shape index (κ2) is 57.4. The van der Waals surface area contributed by atoms with Gasteiger partial charge in [-0.25, -0.2) is 0 Å². The molecule has 0 amide bonds. The minimum absolute atomic E-state index is 0. The number of pyridine rings is 4. The van der Waals surface area contributed by atoms with Gasteiger partial charge in [0, 0.05) is 72.3 Å².